The summed E-state index contributed by atoms with van der Waals surface area (Å²) in [5.41, 5.74) is 2.41. The van der Waals surface area contributed by atoms with E-state index in [0.29, 0.717) is 6.04 Å². The molecular weight excluding hydrogens is 360 g/mol. The number of nitrogens with zero attached hydrogens (tertiary/aromatic N) is 1. The second-order valence-corrected chi connectivity index (χ2v) is 9.09. The second kappa shape index (κ2) is 9.93. The number of ether oxygens (including phenoxy) is 1. The Morgan fingerprint density at radius 1 is 0.897 bits per heavy atom. The van der Waals surface area contributed by atoms with Gasteiger partial charge in [0.2, 0.25) is 0 Å². The van der Waals surface area contributed by atoms with Crippen molar-refractivity contribution in [3.63, 3.8) is 0 Å². The molecule has 4 heteroatoms. The third-order valence-electron chi connectivity index (χ3n) is 5.37. The van der Waals surface area contributed by atoms with Crippen LogP contribution in [0, 0.1) is 0 Å². The summed E-state index contributed by atoms with van der Waals surface area (Å²) in [7, 11) is 0. The summed E-state index contributed by atoms with van der Waals surface area (Å²) in [6.45, 7) is 7.79. The van der Waals surface area contributed by atoms with Crippen molar-refractivity contribution in [2.45, 2.75) is 77.2 Å². The average Bonchev–Trinajstić information content (AvgIpc) is 2.68. The van der Waals surface area contributed by atoms with Crippen LogP contribution in [-0.2, 0) is 17.8 Å². The third-order valence-corrected chi connectivity index (χ3v) is 5.37. The fourth-order valence-electron chi connectivity index (χ4n) is 3.97. The van der Waals surface area contributed by atoms with E-state index >= 15 is 0 Å². The molecule has 1 aliphatic carbocycles. The topological polar surface area (TPSA) is 41.6 Å². The van der Waals surface area contributed by atoms with E-state index in [2.05, 4.69) is 70.9 Å². The van der Waals surface area contributed by atoms with Gasteiger partial charge in [0, 0.05) is 24.7 Å². The number of hydrogen-bond acceptors (Lipinski definition) is 3. The van der Waals surface area contributed by atoms with Crippen LogP contribution in [0.1, 0.15) is 57.6 Å². The van der Waals surface area contributed by atoms with Gasteiger partial charge in [0.25, 0.3) is 0 Å². The molecule has 0 saturated heterocycles. The summed E-state index contributed by atoms with van der Waals surface area (Å²) in [5.74, 6) is 0. The van der Waals surface area contributed by atoms with Gasteiger partial charge in [-0.15, -0.1) is 0 Å². The van der Waals surface area contributed by atoms with Crippen molar-refractivity contribution in [2.24, 2.45) is 0 Å². The number of carbonyl (C=O) groups is 1. The Morgan fingerprint density at radius 3 is 1.83 bits per heavy atom. The largest absolute Gasteiger partial charge is 0.446 e. The fourth-order valence-corrected chi connectivity index (χ4v) is 3.97. The summed E-state index contributed by atoms with van der Waals surface area (Å²) >= 11 is 0. The smallest absolute Gasteiger partial charge is 0.407 e. The Hall–Kier alpha value is -2.33. The summed E-state index contributed by atoms with van der Waals surface area (Å²) in [6, 6.07) is 21.8. The maximum atomic E-state index is 12.1. The van der Waals surface area contributed by atoms with Gasteiger partial charge in [-0.3, -0.25) is 4.90 Å². The minimum absolute atomic E-state index is 0.0175. The molecule has 0 spiro atoms. The van der Waals surface area contributed by atoms with Gasteiger partial charge in [0.15, 0.2) is 0 Å². The Labute approximate surface area is 175 Å². The summed E-state index contributed by atoms with van der Waals surface area (Å²) < 4.78 is 5.66. The molecule has 0 aliphatic heterocycles. The zero-order valence-corrected chi connectivity index (χ0v) is 17.9. The van der Waals surface area contributed by atoms with E-state index in [1.54, 1.807) is 0 Å². The van der Waals surface area contributed by atoms with Crippen molar-refractivity contribution in [1.29, 1.82) is 0 Å². The van der Waals surface area contributed by atoms with E-state index < -0.39 is 0 Å². The predicted molar refractivity (Wildman–Crippen MR) is 118 cm³/mol. The molecule has 1 saturated carbocycles. The van der Waals surface area contributed by atoms with E-state index in [1.165, 1.54) is 11.1 Å². The number of hydrogen-bond donors (Lipinski definition) is 1. The van der Waals surface area contributed by atoms with Crippen LogP contribution >= 0.6 is 0 Å². The van der Waals surface area contributed by atoms with E-state index in [4.69, 9.17) is 4.74 Å². The molecule has 1 fully saturated rings. The van der Waals surface area contributed by atoms with E-state index in [9.17, 15) is 4.79 Å². The van der Waals surface area contributed by atoms with Crippen LogP contribution < -0.4 is 5.32 Å². The molecule has 2 aromatic rings. The lowest BCUT2D eigenvalue weighted by molar-refractivity contribution is 0.0406. The molecule has 0 atom stereocenters. The van der Waals surface area contributed by atoms with Crippen LogP contribution in [0.4, 0.5) is 4.79 Å². The number of amides is 1. The van der Waals surface area contributed by atoms with Crippen LogP contribution in [0.5, 0.6) is 0 Å². The van der Waals surface area contributed by atoms with Crippen molar-refractivity contribution in [3.05, 3.63) is 71.8 Å². The van der Waals surface area contributed by atoms with Crippen LogP contribution in [0.2, 0.25) is 0 Å². The first-order valence-corrected chi connectivity index (χ1v) is 10.7. The SMILES string of the molecule is CC(C)(C)NC(=O)OC1CCC(N(Cc2ccccc2)Cc2ccccc2)CC1. The minimum Gasteiger partial charge on any atom is -0.446 e. The Bertz CT molecular complexity index is 706. The maximum Gasteiger partial charge on any atom is 0.407 e. The van der Waals surface area contributed by atoms with Crippen molar-refractivity contribution in [2.75, 3.05) is 0 Å². The van der Waals surface area contributed by atoms with Gasteiger partial charge >= 0.3 is 6.09 Å². The quantitative estimate of drug-likeness (QED) is 0.701. The number of nitrogens with one attached hydrogen (secondary N) is 1. The number of benzene rings is 2. The third kappa shape index (κ3) is 7.21. The molecular formula is C25H34N2O2. The highest BCUT2D eigenvalue weighted by molar-refractivity contribution is 5.68. The minimum atomic E-state index is -0.300. The Balaban J connectivity index is 1.59. The molecule has 0 radical (unpaired) electrons. The summed E-state index contributed by atoms with van der Waals surface area (Å²) in [4.78, 5) is 14.7. The molecule has 4 nitrogen and oxygen atoms in total. The molecule has 0 bridgehead atoms. The van der Waals surface area contributed by atoms with E-state index in [0.717, 1.165) is 38.8 Å². The lowest BCUT2D eigenvalue weighted by atomic mass is 9.91. The number of carbonyl (C=O) groups excluding carboxylic acids is 1. The summed E-state index contributed by atoms with van der Waals surface area (Å²) in [5, 5.41) is 2.89. The fraction of sp³-hybridized carbons (Fsp3) is 0.480. The molecule has 2 aromatic carbocycles. The molecule has 156 valence electrons. The van der Waals surface area contributed by atoms with Gasteiger partial charge < -0.3 is 10.1 Å². The zero-order chi connectivity index (χ0) is 20.7. The van der Waals surface area contributed by atoms with Crippen LogP contribution in [0.3, 0.4) is 0 Å². The molecule has 0 heterocycles. The molecule has 3 rings (SSSR count). The lowest BCUT2D eigenvalue weighted by Gasteiger charge is -2.37. The number of rotatable bonds is 6. The first-order chi connectivity index (χ1) is 13.9. The Kier molecular flexibility index (Phi) is 7.32. The van der Waals surface area contributed by atoms with Crippen LogP contribution in [-0.4, -0.2) is 28.7 Å². The van der Waals surface area contributed by atoms with Gasteiger partial charge in [-0.1, -0.05) is 60.7 Å². The van der Waals surface area contributed by atoms with Crippen molar-refractivity contribution >= 4 is 6.09 Å². The van der Waals surface area contributed by atoms with Crippen molar-refractivity contribution in [3.8, 4) is 0 Å². The second-order valence-electron chi connectivity index (χ2n) is 9.09. The maximum absolute atomic E-state index is 12.1. The highest BCUT2D eigenvalue weighted by Gasteiger charge is 2.28. The average molecular weight is 395 g/mol. The first kappa shape index (κ1) is 21.4. The zero-order valence-electron chi connectivity index (χ0n) is 17.9. The molecule has 1 N–H and O–H groups in total. The highest BCUT2D eigenvalue weighted by atomic mass is 16.6. The van der Waals surface area contributed by atoms with Gasteiger partial charge in [0.05, 0.1) is 0 Å². The van der Waals surface area contributed by atoms with Crippen molar-refractivity contribution < 1.29 is 9.53 Å². The predicted octanol–water partition coefficient (Wildman–Crippen LogP) is 5.52. The van der Waals surface area contributed by atoms with Gasteiger partial charge in [0.1, 0.15) is 6.10 Å². The van der Waals surface area contributed by atoms with E-state index in [1.807, 2.05) is 20.8 Å². The van der Waals surface area contributed by atoms with Crippen molar-refractivity contribution in [1.82, 2.24) is 10.2 Å². The normalized spacial score (nSPS) is 19.7. The standard InChI is InChI=1S/C25H34N2O2/c1-25(2,3)26-24(28)29-23-16-14-22(15-17-23)27(18-20-10-6-4-7-11-20)19-21-12-8-5-9-13-21/h4-13,22-23H,14-19H2,1-3H3,(H,26,28). The molecule has 0 unspecified atom stereocenters. The molecule has 0 aromatic heterocycles. The highest BCUT2D eigenvalue weighted by Crippen LogP contribution is 2.28. The van der Waals surface area contributed by atoms with E-state index in [-0.39, 0.29) is 17.7 Å². The van der Waals surface area contributed by atoms with Crippen LogP contribution in [0.25, 0.3) is 0 Å². The van der Waals surface area contributed by atoms with Gasteiger partial charge in [-0.25, -0.2) is 4.79 Å². The Morgan fingerprint density at radius 2 is 1.38 bits per heavy atom. The van der Waals surface area contributed by atoms with Gasteiger partial charge in [-0.2, -0.15) is 0 Å². The number of alkyl carbamates (subject to hydrolysis) is 1. The lowest BCUT2D eigenvalue weighted by Crippen LogP contribution is -2.44. The van der Waals surface area contributed by atoms with Gasteiger partial charge in [-0.05, 0) is 57.6 Å². The first-order valence-electron chi connectivity index (χ1n) is 10.7. The molecule has 1 aliphatic rings. The molecule has 29 heavy (non-hydrogen) atoms. The monoisotopic (exact) mass is 394 g/mol. The summed E-state index contributed by atoms with van der Waals surface area (Å²) in [6.07, 6.45) is 3.65. The molecule has 1 amide bonds. The van der Waals surface area contributed by atoms with Crippen LogP contribution in [0.15, 0.2) is 60.7 Å².